The van der Waals surface area contributed by atoms with Crippen molar-refractivity contribution in [1.29, 1.82) is 0 Å². The number of ether oxygens (including phenoxy) is 1. The Labute approximate surface area is 148 Å². The van der Waals surface area contributed by atoms with Gasteiger partial charge >= 0.3 is 5.97 Å². The number of methoxy groups -OCH3 is 1. The molecule has 2 aromatic carbocycles. The molecule has 0 saturated heterocycles. The average Bonchev–Trinajstić information content (AvgIpc) is 2.58. The first-order valence-corrected chi connectivity index (χ1v) is 8.00. The number of allylic oxidation sites excluding steroid dienone is 2. The van der Waals surface area contributed by atoms with Crippen LogP contribution in [0.3, 0.4) is 0 Å². The van der Waals surface area contributed by atoms with E-state index in [0.717, 1.165) is 11.1 Å². The Balaban J connectivity index is 2.26. The molecule has 128 valence electrons. The van der Waals surface area contributed by atoms with Crippen molar-refractivity contribution in [2.24, 2.45) is 0 Å². The summed E-state index contributed by atoms with van der Waals surface area (Å²) in [7, 11) is 1.44. The Morgan fingerprint density at radius 2 is 1.68 bits per heavy atom. The Kier molecular flexibility index (Phi) is 6.35. The molecule has 0 unspecified atom stereocenters. The summed E-state index contributed by atoms with van der Waals surface area (Å²) in [6.07, 6.45) is 9.04. The number of hydrogen-bond donors (Lipinski definition) is 1. The molecule has 0 fully saturated rings. The lowest BCUT2D eigenvalue weighted by atomic mass is 10.00. The molecule has 2 aromatic rings. The van der Waals surface area contributed by atoms with E-state index < -0.39 is 5.97 Å². The Morgan fingerprint density at radius 1 is 1.00 bits per heavy atom. The summed E-state index contributed by atoms with van der Waals surface area (Å²) >= 11 is 0. The Morgan fingerprint density at radius 3 is 2.32 bits per heavy atom. The number of hydrogen-bond acceptors (Lipinski definition) is 2. The van der Waals surface area contributed by atoms with Crippen LogP contribution in [0.4, 0.5) is 0 Å². The maximum atomic E-state index is 11.4. The molecule has 0 heterocycles. The quantitative estimate of drug-likeness (QED) is 0.454. The third-order valence-corrected chi connectivity index (χ3v) is 3.81. The highest BCUT2D eigenvalue weighted by Gasteiger charge is 2.13. The van der Waals surface area contributed by atoms with Gasteiger partial charge in [-0.05, 0) is 36.1 Å². The lowest BCUT2D eigenvalue weighted by molar-refractivity contribution is -0.130. The predicted octanol–water partition coefficient (Wildman–Crippen LogP) is 5.10. The lowest BCUT2D eigenvalue weighted by Gasteiger charge is -2.06. The number of carboxylic acid groups (broad SMARTS) is 1. The van der Waals surface area contributed by atoms with Gasteiger partial charge in [0.2, 0.25) is 0 Å². The van der Waals surface area contributed by atoms with Gasteiger partial charge in [0.1, 0.15) is 5.57 Å². The van der Waals surface area contributed by atoms with Crippen molar-refractivity contribution < 1.29 is 14.6 Å². The van der Waals surface area contributed by atoms with Crippen LogP contribution in [0.2, 0.25) is 0 Å². The number of aliphatic carboxylic acids is 1. The van der Waals surface area contributed by atoms with E-state index in [9.17, 15) is 9.90 Å². The highest BCUT2D eigenvalue weighted by molar-refractivity contribution is 6.16. The fourth-order valence-corrected chi connectivity index (χ4v) is 2.57. The molecule has 3 heteroatoms. The minimum atomic E-state index is -1.02. The van der Waals surface area contributed by atoms with Crippen LogP contribution in [0, 0.1) is 13.8 Å². The largest absolute Gasteiger partial charge is 0.503 e. The van der Waals surface area contributed by atoms with Gasteiger partial charge in [-0.2, -0.15) is 0 Å². The minimum Gasteiger partial charge on any atom is -0.503 e. The summed E-state index contributed by atoms with van der Waals surface area (Å²) in [4.78, 5) is 11.4. The van der Waals surface area contributed by atoms with Crippen LogP contribution in [0.1, 0.15) is 27.8 Å². The number of carbonyl (C=O) groups is 1. The maximum Gasteiger partial charge on any atom is 0.339 e. The SMILES string of the molecule is CO/C=C(/C(=O)O)c1ccccc1/C=C/C=C/c1ccc(C)cc1C. The zero-order chi connectivity index (χ0) is 18.2. The van der Waals surface area contributed by atoms with Crippen molar-refractivity contribution in [3.63, 3.8) is 0 Å². The second-order valence-electron chi connectivity index (χ2n) is 5.74. The summed E-state index contributed by atoms with van der Waals surface area (Å²) in [6, 6.07) is 13.7. The van der Waals surface area contributed by atoms with E-state index >= 15 is 0 Å². The zero-order valence-electron chi connectivity index (χ0n) is 14.7. The molecule has 0 atom stereocenters. The summed E-state index contributed by atoms with van der Waals surface area (Å²) < 4.78 is 4.90. The summed E-state index contributed by atoms with van der Waals surface area (Å²) in [5.41, 5.74) is 5.19. The second-order valence-corrected chi connectivity index (χ2v) is 5.74. The van der Waals surface area contributed by atoms with E-state index in [1.165, 1.54) is 24.5 Å². The molecule has 0 saturated carbocycles. The van der Waals surface area contributed by atoms with Crippen LogP contribution in [0.25, 0.3) is 17.7 Å². The van der Waals surface area contributed by atoms with E-state index in [-0.39, 0.29) is 5.57 Å². The van der Waals surface area contributed by atoms with Crippen LogP contribution < -0.4 is 0 Å². The van der Waals surface area contributed by atoms with E-state index in [0.29, 0.717) is 5.56 Å². The molecular formula is C22H22O3. The van der Waals surface area contributed by atoms with Gasteiger partial charge < -0.3 is 9.84 Å². The van der Waals surface area contributed by atoms with Crippen molar-refractivity contribution in [2.75, 3.05) is 7.11 Å². The van der Waals surface area contributed by atoms with Crippen molar-refractivity contribution in [1.82, 2.24) is 0 Å². The second kappa shape index (κ2) is 8.69. The summed E-state index contributed by atoms with van der Waals surface area (Å²) in [5, 5.41) is 9.37. The van der Waals surface area contributed by atoms with Gasteiger partial charge in [-0.15, -0.1) is 0 Å². The molecule has 0 aliphatic carbocycles. The Bertz CT molecular complexity index is 842. The zero-order valence-corrected chi connectivity index (χ0v) is 14.7. The van der Waals surface area contributed by atoms with Crippen LogP contribution in [-0.2, 0) is 9.53 Å². The highest BCUT2D eigenvalue weighted by Crippen LogP contribution is 2.21. The van der Waals surface area contributed by atoms with Crippen molar-refractivity contribution >= 4 is 23.7 Å². The topological polar surface area (TPSA) is 46.5 Å². The number of rotatable bonds is 6. The van der Waals surface area contributed by atoms with E-state index in [4.69, 9.17) is 4.74 Å². The lowest BCUT2D eigenvalue weighted by Crippen LogP contribution is -2.02. The van der Waals surface area contributed by atoms with Gasteiger partial charge in [-0.1, -0.05) is 72.3 Å². The fourth-order valence-electron chi connectivity index (χ4n) is 2.57. The first-order valence-electron chi connectivity index (χ1n) is 8.00. The van der Waals surface area contributed by atoms with Crippen molar-refractivity contribution in [2.45, 2.75) is 13.8 Å². The predicted molar refractivity (Wildman–Crippen MR) is 103 cm³/mol. The summed E-state index contributed by atoms with van der Waals surface area (Å²) in [5.74, 6) is -1.02. The van der Waals surface area contributed by atoms with Gasteiger partial charge in [0.05, 0.1) is 13.4 Å². The molecule has 0 amide bonds. The molecule has 1 N–H and O–H groups in total. The smallest absolute Gasteiger partial charge is 0.339 e. The standard InChI is InChI=1S/C22H22O3/c1-16-12-13-18(17(2)14-16)8-4-5-9-19-10-6-7-11-20(19)21(15-25-3)22(23)24/h4-15H,1-3H3,(H,23,24)/b8-4+,9-5+,21-15+. The molecule has 0 bridgehead atoms. The molecule has 0 aromatic heterocycles. The van der Waals surface area contributed by atoms with Crippen LogP contribution in [-0.4, -0.2) is 18.2 Å². The van der Waals surface area contributed by atoms with Gasteiger partial charge in [-0.3, -0.25) is 0 Å². The molecule has 3 nitrogen and oxygen atoms in total. The minimum absolute atomic E-state index is 0.126. The number of benzene rings is 2. The third kappa shape index (κ3) is 4.95. The summed E-state index contributed by atoms with van der Waals surface area (Å²) in [6.45, 7) is 4.16. The maximum absolute atomic E-state index is 11.4. The van der Waals surface area contributed by atoms with Crippen LogP contribution >= 0.6 is 0 Å². The molecule has 2 rings (SSSR count). The van der Waals surface area contributed by atoms with Crippen molar-refractivity contribution in [3.8, 4) is 0 Å². The third-order valence-electron chi connectivity index (χ3n) is 3.81. The van der Waals surface area contributed by atoms with Crippen LogP contribution in [0.15, 0.2) is 60.9 Å². The van der Waals surface area contributed by atoms with Gasteiger partial charge in [0.15, 0.2) is 0 Å². The molecule has 0 aliphatic heterocycles. The van der Waals surface area contributed by atoms with Gasteiger partial charge in [0, 0.05) is 0 Å². The van der Waals surface area contributed by atoms with Crippen molar-refractivity contribution in [3.05, 3.63) is 88.7 Å². The molecule has 0 spiro atoms. The molecule has 0 radical (unpaired) electrons. The Hall–Kier alpha value is -3.07. The van der Waals surface area contributed by atoms with Gasteiger partial charge in [-0.25, -0.2) is 4.79 Å². The monoisotopic (exact) mass is 334 g/mol. The van der Waals surface area contributed by atoms with E-state index in [1.807, 2.05) is 42.5 Å². The van der Waals surface area contributed by atoms with E-state index in [1.54, 1.807) is 6.07 Å². The molecule has 0 aliphatic rings. The molecular weight excluding hydrogens is 312 g/mol. The fraction of sp³-hybridized carbons (Fsp3) is 0.136. The highest BCUT2D eigenvalue weighted by atomic mass is 16.5. The number of aryl methyl sites for hydroxylation is 2. The van der Waals surface area contributed by atoms with Crippen LogP contribution in [0.5, 0.6) is 0 Å². The first kappa shape index (κ1) is 18.3. The number of carboxylic acids is 1. The molecule has 25 heavy (non-hydrogen) atoms. The van der Waals surface area contributed by atoms with E-state index in [2.05, 4.69) is 32.0 Å². The average molecular weight is 334 g/mol. The van der Waals surface area contributed by atoms with Gasteiger partial charge in [0.25, 0.3) is 0 Å². The normalized spacial score (nSPS) is 12.0. The first-order chi connectivity index (χ1) is 12.0.